The Morgan fingerprint density at radius 1 is 1.24 bits per heavy atom. The maximum absolute atomic E-state index is 13.0. The summed E-state index contributed by atoms with van der Waals surface area (Å²) < 4.78 is 7.32. The van der Waals surface area contributed by atoms with Gasteiger partial charge in [-0.1, -0.05) is 48.5 Å². The lowest BCUT2D eigenvalue weighted by Gasteiger charge is -2.11. The molecule has 0 saturated carbocycles. The monoisotopic (exact) mass is 427 g/mol. The first kappa shape index (κ1) is 19.5. The van der Waals surface area contributed by atoms with Crippen LogP contribution in [0.5, 0.6) is 0 Å². The molecule has 0 aliphatic heterocycles. The maximum atomic E-state index is 13.0. The number of nitrogens with one attached hydrogen (secondary N) is 1. The van der Waals surface area contributed by atoms with Crippen LogP contribution in [0.1, 0.15) is 13.3 Å². The van der Waals surface area contributed by atoms with Gasteiger partial charge < -0.3 is 9.73 Å². The molecule has 2 aromatic heterocycles. The van der Waals surface area contributed by atoms with Crippen LogP contribution >= 0.6 is 23.4 Å². The molecule has 0 unspecified atom stereocenters. The molecule has 0 radical (unpaired) electrons. The molecule has 0 aliphatic rings. The van der Waals surface area contributed by atoms with E-state index < -0.39 is 0 Å². The number of hydrogen-bond donors (Lipinski definition) is 1. The zero-order chi connectivity index (χ0) is 20.4. The van der Waals surface area contributed by atoms with Crippen LogP contribution in [0.2, 0.25) is 5.02 Å². The number of anilines is 1. The Bertz CT molecular complexity index is 1270. The number of fused-ring (bicyclic) bond motifs is 3. The SMILES string of the molecule is CCCn1c(SCC(=O)Nc2cccc(Cl)c2)nc2c(oc3ccccc32)c1=O. The maximum Gasteiger partial charge on any atom is 0.297 e. The second kappa shape index (κ2) is 8.31. The van der Waals surface area contributed by atoms with Crippen molar-refractivity contribution in [1.29, 1.82) is 0 Å². The van der Waals surface area contributed by atoms with Crippen molar-refractivity contribution >= 4 is 57.0 Å². The molecule has 29 heavy (non-hydrogen) atoms. The molecule has 4 rings (SSSR count). The quantitative estimate of drug-likeness (QED) is 0.348. The van der Waals surface area contributed by atoms with Crippen LogP contribution in [-0.2, 0) is 11.3 Å². The third kappa shape index (κ3) is 4.02. The van der Waals surface area contributed by atoms with Gasteiger partial charge in [0.2, 0.25) is 11.5 Å². The van der Waals surface area contributed by atoms with E-state index in [0.29, 0.717) is 33.5 Å². The molecular formula is C21H18ClN3O3S. The summed E-state index contributed by atoms with van der Waals surface area (Å²) in [6, 6.07) is 14.4. The van der Waals surface area contributed by atoms with Crippen LogP contribution < -0.4 is 10.9 Å². The second-order valence-corrected chi connectivity index (χ2v) is 7.85. The van der Waals surface area contributed by atoms with Gasteiger partial charge in [-0.2, -0.15) is 0 Å². The standard InChI is InChI=1S/C21H18ClN3O3S/c1-2-10-25-20(27)19-18(15-8-3-4-9-16(15)28-19)24-21(25)29-12-17(26)23-14-7-5-6-13(22)11-14/h3-9,11H,2,10,12H2,1H3,(H,23,26). The minimum atomic E-state index is -0.231. The smallest absolute Gasteiger partial charge is 0.297 e. The second-order valence-electron chi connectivity index (χ2n) is 6.47. The summed E-state index contributed by atoms with van der Waals surface area (Å²) in [7, 11) is 0. The van der Waals surface area contributed by atoms with Crippen molar-refractivity contribution in [2.75, 3.05) is 11.1 Å². The lowest BCUT2D eigenvalue weighted by molar-refractivity contribution is -0.113. The summed E-state index contributed by atoms with van der Waals surface area (Å²) in [4.78, 5) is 30.0. The van der Waals surface area contributed by atoms with E-state index in [2.05, 4.69) is 10.3 Å². The molecule has 6 nitrogen and oxygen atoms in total. The van der Waals surface area contributed by atoms with Crippen molar-refractivity contribution in [2.45, 2.75) is 25.0 Å². The van der Waals surface area contributed by atoms with E-state index in [1.54, 1.807) is 28.8 Å². The highest BCUT2D eigenvalue weighted by atomic mass is 35.5. The first-order valence-electron chi connectivity index (χ1n) is 9.17. The summed E-state index contributed by atoms with van der Waals surface area (Å²) in [5.74, 6) is -0.0871. The lowest BCUT2D eigenvalue weighted by Crippen LogP contribution is -2.23. The molecule has 0 saturated heterocycles. The molecule has 2 heterocycles. The fraction of sp³-hybridized carbons (Fsp3) is 0.190. The number of rotatable bonds is 6. The van der Waals surface area contributed by atoms with Crippen molar-refractivity contribution in [3.63, 3.8) is 0 Å². The molecule has 0 atom stereocenters. The van der Waals surface area contributed by atoms with Gasteiger partial charge >= 0.3 is 0 Å². The van der Waals surface area contributed by atoms with Gasteiger partial charge in [0, 0.05) is 22.6 Å². The van der Waals surface area contributed by atoms with Gasteiger partial charge in [-0.25, -0.2) is 4.98 Å². The van der Waals surface area contributed by atoms with Gasteiger partial charge in [0.15, 0.2) is 5.16 Å². The molecule has 1 N–H and O–H groups in total. The number of carbonyl (C=O) groups is 1. The molecule has 4 aromatic rings. The minimum absolute atomic E-state index is 0.115. The molecule has 0 fully saturated rings. The summed E-state index contributed by atoms with van der Waals surface area (Å²) in [6.07, 6.45) is 0.760. The fourth-order valence-electron chi connectivity index (χ4n) is 3.08. The van der Waals surface area contributed by atoms with Crippen LogP contribution in [0.4, 0.5) is 5.69 Å². The first-order chi connectivity index (χ1) is 14.1. The molecule has 0 bridgehead atoms. The topological polar surface area (TPSA) is 77.1 Å². The predicted molar refractivity (Wildman–Crippen MR) is 117 cm³/mol. The average Bonchev–Trinajstić information content (AvgIpc) is 3.08. The third-order valence-corrected chi connectivity index (χ3v) is 5.55. The Hall–Kier alpha value is -2.77. The molecule has 0 spiro atoms. The van der Waals surface area contributed by atoms with E-state index in [1.165, 1.54) is 11.8 Å². The highest BCUT2D eigenvalue weighted by Gasteiger charge is 2.18. The Labute approximate surface area is 175 Å². The molecule has 148 valence electrons. The van der Waals surface area contributed by atoms with Crippen molar-refractivity contribution in [3.05, 3.63) is 63.9 Å². The molecule has 2 aromatic carbocycles. The summed E-state index contributed by atoms with van der Waals surface area (Å²) in [5.41, 5.74) is 1.78. The van der Waals surface area contributed by atoms with E-state index in [4.69, 9.17) is 16.0 Å². The Kier molecular flexibility index (Phi) is 5.60. The van der Waals surface area contributed by atoms with Gasteiger partial charge in [0.05, 0.1) is 5.75 Å². The van der Waals surface area contributed by atoms with Crippen LogP contribution in [0.25, 0.3) is 22.1 Å². The van der Waals surface area contributed by atoms with E-state index in [9.17, 15) is 9.59 Å². The van der Waals surface area contributed by atoms with Gasteiger partial charge in [-0.05, 0) is 36.8 Å². The number of para-hydroxylation sites is 1. The van der Waals surface area contributed by atoms with Crippen molar-refractivity contribution < 1.29 is 9.21 Å². The van der Waals surface area contributed by atoms with Gasteiger partial charge in [0.25, 0.3) is 5.56 Å². The zero-order valence-electron chi connectivity index (χ0n) is 15.6. The third-order valence-electron chi connectivity index (χ3n) is 4.33. The number of benzene rings is 2. The molecular weight excluding hydrogens is 410 g/mol. The van der Waals surface area contributed by atoms with Crippen LogP contribution in [-0.4, -0.2) is 21.2 Å². The van der Waals surface area contributed by atoms with Crippen molar-refractivity contribution in [1.82, 2.24) is 9.55 Å². The Morgan fingerprint density at radius 3 is 2.86 bits per heavy atom. The van der Waals surface area contributed by atoms with E-state index in [-0.39, 0.29) is 22.8 Å². The number of amides is 1. The predicted octanol–water partition coefficient (Wildman–Crippen LogP) is 4.94. The molecule has 8 heteroatoms. The number of hydrogen-bond acceptors (Lipinski definition) is 5. The number of nitrogens with zero attached hydrogens (tertiary/aromatic N) is 2. The largest absolute Gasteiger partial charge is 0.448 e. The number of thioether (sulfide) groups is 1. The van der Waals surface area contributed by atoms with E-state index >= 15 is 0 Å². The normalized spacial score (nSPS) is 11.2. The van der Waals surface area contributed by atoms with Crippen LogP contribution in [0.3, 0.4) is 0 Å². The van der Waals surface area contributed by atoms with Crippen molar-refractivity contribution in [3.8, 4) is 0 Å². The summed E-state index contributed by atoms with van der Waals surface area (Å²) >= 11 is 7.18. The van der Waals surface area contributed by atoms with Gasteiger partial charge in [0.1, 0.15) is 11.1 Å². The molecule has 1 amide bonds. The van der Waals surface area contributed by atoms with Crippen molar-refractivity contribution in [2.24, 2.45) is 0 Å². The van der Waals surface area contributed by atoms with Crippen LogP contribution in [0, 0.1) is 0 Å². The highest BCUT2D eigenvalue weighted by Crippen LogP contribution is 2.27. The number of furan rings is 1. The summed E-state index contributed by atoms with van der Waals surface area (Å²) in [6.45, 7) is 2.48. The fourth-order valence-corrected chi connectivity index (χ4v) is 4.09. The van der Waals surface area contributed by atoms with E-state index in [0.717, 1.165) is 11.8 Å². The average molecular weight is 428 g/mol. The first-order valence-corrected chi connectivity index (χ1v) is 10.5. The zero-order valence-corrected chi connectivity index (χ0v) is 17.2. The molecule has 0 aliphatic carbocycles. The van der Waals surface area contributed by atoms with Crippen LogP contribution in [0.15, 0.2) is 62.9 Å². The van der Waals surface area contributed by atoms with Gasteiger partial charge in [-0.3, -0.25) is 14.2 Å². The Morgan fingerprint density at radius 2 is 2.07 bits per heavy atom. The summed E-state index contributed by atoms with van der Waals surface area (Å²) in [5, 5.41) is 4.63. The number of carbonyl (C=O) groups excluding carboxylic acids is 1. The number of halogens is 1. The van der Waals surface area contributed by atoms with E-state index in [1.807, 2.05) is 31.2 Å². The highest BCUT2D eigenvalue weighted by molar-refractivity contribution is 7.99. The Balaban J connectivity index is 1.64. The minimum Gasteiger partial charge on any atom is -0.448 e. The number of aromatic nitrogens is 2. The van der Waals surface area contributed by atoms with Gasteiger partial charge in [-0.15, -0.1) is 0 Å². The lowest BCUT2D eigenvalue weighted by atomic mass is 10.2.